The van der Waals surface area contributed by atoms with Crippen LogP contribution in [-0.2, 0) is 23.9 Å². The molecular formula is C45H51N7O5. The van der Waals surface area contributed by atoms with Gasteiger partial charge >= 0.3 is 5.97 Å². The number of aromatic nitrogens is 4. The fourth-order valence-corrected chi connectivity index (χ4v) is 9.67. The number of allylic oxidation sites excluding steroid dienone is 1. The van der Waals surface area contributed by atoms with Gasteiger partial charge in [-0.05, 0) is 85.6 Å². The standard InChI is InChI=1S/C45H51N7O5/c1-26(37-24-46-17-18-47-37)50-44(54)42-33-16-15-32(20-33)41(42)36-21-34(23-48-36)30-9-7-28(8-10-30)29-11-13-31(14-12-29)38-25-49-43(51-38)39-6-5-19-52(39)45(55)35(27(2)56-3)22-40(53)57-4/h7-14,17-18,23-27,32-33,35,39,41-42H,5-6,15-16,19-22H2,1-4H3,(H,49,51)(H,50,54)/t26?,27-,32?,33?,35+,39+,41?,42+/m1/s1. The summed E-state index contributed by atoms with van der Waals surface area (Å²) in [5.41, 5.74) is 8.33. The average Bonchev–Trinajstić information content (AvgIpc) is 4.11. The number of rotatable bonds is 13. The highest BCUT2D eigenvalue weighted by Gasteiger charge is 2.53. The third-order valence-corrected chi connectivity index (χ3v) is 12.8. The summed E-state index contributed by atoms with van der Waals surface area (Å²) in [7, 11) is 2.88. The van der Waals surface area contributed by atoms with E-state index in [1.54, 1.807) is 32.6 Å². The normalized spacial score (nSPS) is 24.1. The summed E-state index contributed by atoms with van der Waals surface area (Å²) in [6, 6.07) is 16.6. The third-order valence-electron chi connectivity index (χ3n) is 12.8. The molecule has 4 aromatic rings. The molecule has 296 valence electrons. The lowest BCUT2D eigenvalue weighted by molar-refractivity contribution is -0.151. The first kappa shape index (κ1) is 38.4. The van der Waals surface area contributed by atoms with Gasteiger partial charge in [-0.1, -0.05) is 48.5 Å². The number of carbonyl (C=O) groups excluding carboxylic acids is 3. The van der Waals surface area contributed by atoms with E-state index in [1.165, 1.54) is 12.7 Å². The van der Waals surface area contributed by atoms with Crippen LogP contribution in [0.5, 0.6) is 0 Å². The molecule has 4 unspecified atom stereocenters. The Balaban J connectivity index is 0.893. The maximum Gasteiger partial charge on any atom is 0.306 e. The number of aromatic amines is 1. The van der Waals surface area contributed by atoms with Gasteiger partial charge in [0.15, 0.2) is 0 Å². The number of benzene rings is 2. The van der Waals surface area contributed by atoms with E-state index in [-0.39, 0.29) is 42.2 Å². The number of imidazole rings is 1. The molecule has 3 fully saturated rings. The lowest BCUT2D eigenvalue weighted by Crippen LogP contribution is -2.42. The largest absolute Gasteiger partial charge is 0.469 e. The van der Waals surface area contributed by atoms with Crippen LogP contribution in [0.4, 0.5) is 0 Å². The highest BCUT2D eigenvalue weighted by atomic mass is 16.5. The molecule has 57 heavy (non-hydrogen) atoms. The van der Waals surface area contributed by atoms with Gasteiger partial charge in [-0.2, -0.15) is 0 Å². The summed E-state index contributed by atoms with van der Waals surface area (Å²) in [6.07, 6.45) is 14.2. The van der Waals surface area contributed by atoms with Crippen LogP contribution in [0.25, 0.3) is 28.0 Å². The summed E-state index contributed by atoms with van der Waals surface area (Å²) in [5, 5.41) is 3.24. The van der Waals surface area contributed by atoms with Crippen molar-refractivity contribution in [3.05, 3.63) is 96.6 Å². The first-order valence-corrected chi connectivity index (χ1v) is 20.2. The van der Waals surface area contributed by atoms with Gasteiger partial charge in [0.2, 0.25) is 11.8 Å². The lowest BCUT2D eigenvalue weighted by atomic mass is 9.74. The number of nitrogens with zero attached hydrogens (tertiary/aromatic N) is 5. The van der Waals surface area contributed by atoms with E-state index in [0.717, 1.165) is 83.7 Å². The SMILES string of the molecule is COC(=O)C[C@H](C(=O)N1CCC[C@H]1c1ncc(-c2ccc(-c3ccc(C4=CN=C(C5C6CCC(C6)[C@@H]5C(=O)NC(C)c5cnccn5)C4)cc3)cc2)[nH]1)[C@@H](C)OC. The van der Waals surface area contributed by atoms with Crippen molar-refractivity contribution in [3.8, 4) is 22.4 Å². The minimum Gasteiger partial charge on any atom is -0.469 e. The van der Waals surface area contributed by atoms with Gasteiger partial charge in [0.25, 0.3) is 0 Å². The Morgan fingerprint density at radius 1 is 0.895 bits per heavy atom. The van der Waals surface area contributed by atoms with Crippen molar-refractivity contribution in [2.75, 3.05) is 20.8 Å². The number of methoxy groups -OCH3 is 2. The molecule has 12 heteroatoms. The molecule has 2 aliphatic heterocycles. The Hall–Kier alpha value is -5.49. The maximum absolute atomic E-state index is 13.7. The van der Waals surface area contributed by atoms with Crippen LogP contribution in [0.3, 0.4) is 0 Å². The molecule has 2 aromatic carbocycles. The van der Waals surface area contributed by atoms with Gasteiger partial charge in [-0.25, -0.2) is 4.98 Å². The second-order valence-electron chi connectivity index (χ2n) is 16.1. The maximum atomic E-state index is 13.7. The topological polar surface area (TPSA) is 152 Å². The van der Waals surface area contributed by atoms with Crippen molar-refractivity contribution in [3.63, 3.8) is 0 Å². The summed E-state index contributed by atoms with van der Waals surface area (Å²) < 4.78 is 10.3. The van der Waals surface area contributed by atoms with Crippen molar-refractivity contribution in [2.45, 2.75) is 77.0 Å². The predicted molar refractivity (Wildman–Crippen MR) is 216 cm³/mol. The van der Waals surface area contributed by atoms with E-state index in [2.05, 4.69) is 68.8 Å². The molecule has 2 aliphatic carbocycles. The second kappa shape index (κ2) is 16.5. The Morgan fingerprint density at radius 2 is 1.61 bits per heavy atom. The fourth-order valence-electron chi connectivity index (χ4n) is 9.67. The summed E-state index contributed by atoms with van der Waals surface area (Å²) in [4.78, 5) is 63.1. The predicted octanol–water partition coefficient (Wildman–Crippen LogP) is 7.14. The highest BCUT2D eigenvalue weighted by molar-refractivity contribution is 6.02. The van der Waals surface area contributed by atoms with Gasteiger partial charge in [0.1, 0.15) is 5.82 Å². The molecule has 4 aliphatic rings. The molecule has 2 amide bonds. The number of aliphatic imine (C=N–C) groups is 1. The van der Waals surface area contributed by atoms with E-state index in [1.807, 2.05) is 24.2 Å². The molecule has 8 atom stereocenters. The molecule has 2 saturated carbocycles. The van der Waals surface area contributed by atoms with Crippen molar-refractivity contribution in [1.29, 1.82) is 0 Å². The van der Waals surface area contributed by atoms with Crippen molar-refractivity contribution >= 4 is 29.1 Å². The number of hydrogen-bond acceptors (Lipinski definition) is 9. The molecular weight excluding hydrogens is 719 g/mol. The van der Waals surface area contributed by atoms with Crippen LogP contribution in [0.2, 0.25) is 0 Å². The Bertz CT molecular complexity index is 2150. The molecule has 0 spiro atoms. The fraction of sp³-hybridized carbons (Fsp3) is 0.444. The first-order chi connectivity index (χ1) is 27.7. The van der Waals surface area contributed by atoms with Gasteiger partial charge < -0.3 is 24.7 Å². The zero-order valence-corrected chi connectivity index (χ0v) is 33.1. The van der Waals surface area contributed by atoms with Crippen LogP contribution in [-0.4, -0.2) is 75.2 Å². The highest BCUT2D eigenvalue weighted by Crippen LogP contribution is 2.54. The molecule has 0 radical (unpaired) electrons. The molecule has 1 saturated heterocycles. The number of fused-ring (bicyclic) bond motifs is 2. The smallest absolute Gasteiger partial charge is 0.306 e. The number of likely N-dealkylation sites (tertiary alicyclic amines) is 1. The second-order valence-corrected chi connectivity index (χ2v) is 16.1. The first-order valence-electron chi connectivity index (χ1n) is 20.2. The quantitative estimate of drug-likeness (QED) is 0.136. The zero-order valence-electron chi connectivity index (χ0n) is 33.1. The molecule has 2 aromatic heterocycles. The molecule has 12 nitrogen and oxygen atoms in total. The third kappa shape index (κ3) is 7.79. The average molecular weight is 770 g/mol. The summed E-state index contributed by atoms with van der Waals surface area (Å²) in [6.45, 7) is 4.37. The molecule has 2 bridgehead atoms. The molecule has 4 heterocycles. The van der Waals surface area contributed by atoms with E-state index in [9.17, 15) is 14.4 Å². The van der Waals surface area contributed by atoms with E-state index >= 15 is 0 Å². The Kier molecular flexibility index (Phi) is 11.1. The number of esters is 1. The van der Waals surface area contributed by atoms with E-state index < -0.39 is 18.0 Å². The van der Waals surface area contributed by atoms with E-state index in [0.29, 0.717) is 18.4 Å². The van der Waals surface area contributed by atoms with Gasteiger partial charge in [-0.15, -0.1) is 0 Å². The number of carbonyl (C=O) groups is 3. The Morgan fingerprint density at radius 3 is 2.32 bits per heavy atom. The summed E-state index contributed by atoms with van der Waals surface area (Å²) >= 11 is 0. The number of ether oxygens (including phenoxy) is 2. The van der Waals surface area contributed by atoms with E-state index in [4.69, 9.17) is 19.5 Å². The van der Waals surface area contributed by atoms with Crippen molar-refractivity contribution < 1.29 is 23.9 Å². The zero-order chi connectivity index (χ0) is 39.6. The molecule has 2 N–H and O–H groups in total. The van der Waals surface area contributed by atoms with Crippen LogP contribution in [0.15, 0.2) is 84.5 Å². The van der Waals surface area contributed by atoms with Gasteiger partial charge in [0, 0.05) is 56.2 Å². The number of nitrogens with one attached hydrogen (secondary N) is 2. The van der Waals surface area contributed by atoms with Crippen LogP contribution >= 0.6 is 0 Å². The number of amides is 2. The van der Waals surface area contributed by atoms with Crippen molar-refractivity contribution in [1.82, 2.24) is 30.2 Å². The van der Waals surface area contributed by atoms with Crippen LogP contribution in [0.1, 0.15) is 88.0 Å². The number of hydrogen-bond donors (Lipinski definition) is 2. The minimum absolute atomic E-state index is 0.0329. The van der Waals surface area contributed by atoms with Gasteiger partial charge in [-0.3, -0.25) is 29.3 Å². The van der Waals surface area contributed by atoms with Crippen LogP contribution < -0.4 is 5.32 Å². The van der Waals surface area contributed by atoms with Crippen molar-refractivity contribution in [2.24, 2.45) is 34.6 Å². The molecule has 8 rings (SSSR count). The number of H-pyrrole nitrogens is 1. The monoisotopic (exact) mass is 769 g/mol. The minimum atomic E-state index is -0.634. The van der Waals surface area contributed by atoms with Gasteiger partial charge in [0.05, 0.1) is 61.4 Å². The lowest BCUT2D eigenvalue weighted by Gasteiger charge is -2.31. The van der Waals surface area contributed by atoms with Crippen LogP contribution in [0, 0.1) is 29.6 Å². The summed E-state index contributed by atoms with van der Waals surface area (Å²) in [5.74, 6) is 0.673. The Labute approximate surface area is 333 Å².